The predicted molar refractivity (Wildman–Crippen MR) is 68.0 cm³/mol. The molecule has 1 N–H and O–H groups in total. The van der Waals surface area contributed by atoms with Gasteiger partial charge in [0, 0.05) is 20.9 Å². The largest absolute Gasteiger partial charge is 0.496 e. The first-order valence-electron chi connectivity index (χ1n) is 4.60. The highest BCUT2D eigenvalue weighted by atomic mass is 79.9. The van der Waals surface area contributed by atoms with Gasteiger partial charge in [-0.1, -0.05) is 11.6 Å². The number of hydrogen-bond donors (Lipinski definition) is 1. The number of carboxylic acids is 1. The minimum atomic E-state index is -1.10. The molecule has 0 unspecified atom stereocenters. The number of halogens is 2. The molecule has 4 nitrogen and oxygen atoms in total. The lowest BCUT2D eigenvalue weighted by molar-refractivity contribution is 0.0690. The molecule has 0 amide bonds. The molecule has 0 radical (unpaired) electrons. The number of carboxylic acid groups (broad SMARTS) is 1. The molecule has 0 bridgehead atoms. The number of rotatable bonds is 2. The fourth-order valence-electron chi connectivity index (χ4n) is 1.50. The number of ether oxygens (including phenoxy) is 1. The van der Waals surface area contributed by atoms with Crippen LogP contribution in [-0.4, -0.2) is 23.2 Å². The number of aromatic nitrogens is 1. The molecular formula is C11H7BrClNO3. The molecule has 2 aromatic rings. The highest BCUT2D eigenvalue weighted by Gasteiger charge is 2.13. The molecule has 88 valence electrons. The maximum absolute atomic E-state index is 10.9. The molecule has 6 heteroatoms. The Kier molecular flexibility index (Phi) is 3.22. The summed E-state index contributed by atoms with van der Waals surface area (Å²) < 4.78 is 5.77. The molecule has 0 aliphatic carbocycles. The van der Waals surface area contributed by atoms with Gasteiger partial charge >= 0.3 is 5.97 Å². The Morgan fingerprint density at radius 3 is 2.76 bits per heavy atom. The van der Waals surface area contributed by atoms with Crippen LogP contribution >= 0.6 is 27.5 Å². The second-order valence-corrected chi connectivity index (χ2v) is 4.59. The van der Waals surface area contributed by atoms with Crippen LogP contribution in [0.4, 0.5) is 0 Å². The van der Waals surface area contributed by atoms with Gasteiger partial charge in [0.2, 0.25) is 0 Å². The van der Waals surface area contributed by atoms with Crippen LogP contribution in [0.1, 0.15) is 10.5 Å². The number of nitrogens with zero attached hydrogens (tertiary/aromatic N) is 1. The third kappa shape index (κ3) is 2.21. The molecule has 0 aliphatic heterocycles. The van der Waals surface area contributed by atoms with Gasteiger partial charge in [-0.15, -0.1) is 0 Å². The van der Waals surface area contributed by atoms with E-state index in [2.05, 4.69) is 20.9 Å². The molecule has 2 rings (SSSR count). The van der Waals surface area contributed by atoms with Crippen LogP contribution in [0.3, 0.4) is 0 Å². The molecule has 1 heterocycles. The number of fused-ring (bicyclic) bond motifs is 1. The molecule has 0 fully saturated rings. The molecular weight excluding hydrogens is 309 g/mol. The molecule has 0 aliphatic rings. The van der Waals surface area contributed by atoms with E-state index in [9.17, 15) is 4.79 Å². The Labute approximate surface area is 110 Å². The molecule has 0 spiro atoms. The molecule has 1 aromatic carbocycles. The van der Waals surface area contributed by atoms with E-state index in [1.807, 2.05) is 0 Å². The topological polar surface area (TPSA) is 59.4 Å². The molecule has 17 heavy (non-hydrogen) atoms. The van der Waals surface area contributed by atoms with Gasteiger partial charge in [0.05, 0.1) is 12.6 Å². The first-order valence-corrected chi connectivity index (χ1v) is 5.77. The maximum Gasteiger partial charge on any atom is 0.354 e. The summed E-state index contributed by atoms with van der Waals surface area (Å²) in [5, 5.41) is 10.1. The Morgan fingerprint density at radius 2 is 2.18 bits per heavy atom. The number of pyridine rings is 1. The van der Waals surface area contributed by atoms with E-state index in [0.29, 0.717) is 26.1 Å². The quantitative estimate of drug-likeness (QED) is 0.923. The van der Waals surface area contributed by atoms with Gasteiger partial charge in [-0.25, -0.2) is 9.78 Å². The number of methoxy groups -OCH3 is 1. The summed E-state index contributed by atoms with van der Waals surface area (Å²) in [5.74, 6) is -0.678. The normalized spacial score (nSPS) is 10.5. The van der Waals surface area contributed by atoms with Crippen LogP contribution in [-0.2, 0) is 0 Å². The van der Waals surface area contributed by atoms with Crippen molar-refractivity contribution in [2.45, 2.75) is 0 Å². The number of hydrogen-bond acceptors (Lipinski definition) is 3. The van der Waals surface area contributed by atoms with Crippen LogP contribution in [0.2, 0.25) is 5.02 Å². The lowest BCUT2D eigenvalue weighted by Crippen LogP contribution is -2.02. The van der Waals surface area contributed by atoms with Crippen LogP contribution in [0, 0.1) is 0 Å². The Balaban J connectivity index is 2.87. The Hall–Kier alpha value is -1.33. The molecule has 0 saturated carbocycles. The highest BCUT2D eigenvalue weighted by molar-refractivity contribution is 9.10. The smallest absolute Gasteiger partial charge is 0.354 e. The van der Waals surface area contributed by atoms with Gasteiger partial charge in [0.15, 0.2) is 5.69 Å². The first-order chi connectivity index (χ1) is 8.02. The van der Waals surface area contributed by atoms with E-state index in [-0.39, 0.29) is 5.69 Å². The van der Waals surface area contributed by atoms with E-state index in [1.165, 1.54) is 13.2 Å². The second-order valence-electron chi connectivity index (χ2n) is 3.30. The lowest BCUT2D eigenvalue weighted by atomic mass is 10.2. The summed E-state index contributed by atoms with van der Waals surface area (Å²) in [6.45, 7) is 0. The Morgan fingerprint density at radius 1 is 1.47 bits per heavy atom. The zero-order valence-corrected chi connectivity index (χ0v) is 11.0. The summed E-state index contributed by atoms with van der Waals surface area (Å²) in [5.41, 5.74) is 0.434. The van der Waals surface area contributed by atoms with E-state index in [1.54, 1.807) is 12.1 Å². The predicted octanol–water partition coefficient (Wildman–Crippen LogP) is 3.36. The summed E-state index contributed by atoms with van der Waals surface area (Å²) in [6.07, 6.45) is 0. The second kappa shape index (κ2) is 4.50. The van der Waals surface area contributed by atoms with Gasteiger partial charge < -0.3 is 9.84 Å². The maximum atomic E-state index is 10.9. The van der Waals surface area contributed by atoms with E-state index in [4.69, 9.17) is 21.4 Å². The molecule has 0 atom stereocenters. The van der Waals surface area contributed by atoms with Crippen molar-refractivity contribution in [2.24, 2.45) is 0 Å². The van der Waals surface area contributed by atoms with Gasteiger partial charge in [0.25, 0.3) is 0 Å². The van der Waals surface area contributed by atoms with E-state index < -0.39 is 5.97 Å². The third-order valence-corrected chi connectivity index (χ3v) is 3.06. The number of aromatic carboxylic acids is 1. The van der Waals surface area contributed by atoms with Gasteiger partial charge in [0.1, 0.15) is 5.75 Å². The highest BCUT2D eigenvalue weighted by Crippen LogP contribution is 2.33. The monoisotopic (exact) mass is 315 g/mol. The van der Waals surface area contributed by atoms with Crippen LogP contribution in [0.25, 0.3) is 10.9 Å². The number of benzene rings is 1. The van der Waals surface area contributed by atoms with Gasteiger partial charge in [-0.3, -0.25) is 0 Å². The fourth-order valence-corrected chi connectivity index (χ4v) is 2.40. The minimum Gasteiger partial charge on any atom is -0.496 e. The molecule has 1 aromatic heterocycles. The van der Waals surface area contributed by atoms with Crippen LogP contribution in [0.5, 0.6) is 5.75 Å². The van der Waals surface area contributed by atoms with Crippen molar-refractivity contribution >= 4 is 44.4 Å². The standard InChI is InChI=1S/C11H7BrClNO3/c1-17-9-4-8(11(15)16)14-10-6(9)2-5(13)3-7(10)12/h2-4H,1H3,(H,15,16). The van der Waals surface area contributed by atoms with Crippen molar-refractivity contribution in [3.8, 4) is 5.75 Å². The fraction of sp³-hybridized carbons (Fsp3) is 0.0909. The first kappa shape index (κ1) is 12.1. The third-order valence-electron chi connectivity index (χ3n) is 2.23. The molecule has 0 saturated heterocycles. The van der Waals surface area contributed by atoms with Crippen molar-refractivity contribution in [3.63, 3.8) is 0 Å². The van der Waals surface area contributed by atoms with Crippen molar-refractivity contribution in [3.05, 3.63) is 33.4 Å². The SMILES string of the molecule is COc1cc(C(=O)O)nc2c(Br)cc(Cl)cc12. The van der Waals surface area contributed by atoms with Crippen molar-refractivity contribution < 1.29 is 14.6 Å². The van der Waals surface area contributed by atoms with Gasteiger partial charge in [-0.05, 0) is 28.1 Å². The summed E-state index contributed by atoms with van der Waals surface area (Å²) in [6, 6.07) is 4.70. The summed E-state index contributed by atoms with van der Waals surface area (Å²) >= 11 is 9.22. The minimum absolute atomic E-state index is 0.0719. The number of carbonyl (C=O) groups is 1. The lowest BCUT2D eigenvalue weighted by Gasteiger charge is -2.08. The summed E-state index contributed by atoms with van der Waals surface area (Å²) in [7, 11) is 1.47. The average molecular weight is 317 g/mol. The Bertz CT molecular complexity index is 615. The van der Waals surface area contributed by atoms with Crippen LogP contribution < -0.4 is 4.74 Å². The van der Waals surface area contributed by atoms with Crippen LogP contribution in [0.15, 0.2) is 22.7 Å². The van der Waals surface area contributed by atoms with E-state index in [0.717, 1.165) is 0 Å². The summed E-state index contributed by atoms with van der Waals surface area (Å²) in [4.78, 5) is 15.0. The van der Waals surface area contributed by atoms with Crippen molar-refractivity contribution in [1.82, 2.24) is 4.98 Å². The van der Waals surface area contributed by atoms with Gasteiger partial charge in [-0.2, -0.15) is 0 Å². The van der Waals surface area contributed by atoms with E-state index >= 15 is 0 Å². The average Bonchev–Trinajstić information content (AvgIpc) is 2.27. The zero-order valence-electron chi connectivity index (χ0n) is 8.70. The van der Waals surface area contributed by atoms with Crippen molar-refractivity contribution in [1.29, 1.82) is 0 Å². The zero-order chi connectivity index (χ0) is 12.6. The van der Waals surface area contributed by atoms with Crippen molar-refractivity contribution in [2.75, 3.05) is 7.11 Å².